The summed E-state index contributed by atoms with van der Waals surface area (Å²) in [5.74, 6) is -1.28. The lowest BCUT2D eigenvalue weighted by Gasteiger charge is -2.27. The number of carbonyl (C=O) groups is 1. The maximum Gasteiger partial charge on any atom is 0.490 e. The molecule has 2 fully saturated rings. The molecule has 4 rings (SSSR count). The van der Waals surface area contributed by atoms with Crippen LogP contribution in [0.5, 0.6) is 0 Å². The number of halogens is 3. The van der Waals surface area contributed by atoms with Gasteiger partial charge >= 0.3 is 17.8 Å². The minimum absolute atomic E-state index is 0.180. The molecule has 1 aliphatic carbocycles. The summed E-state index contributed by atoms with van der Waals surface area (Å²) in [6, 6.07) is 10.9. The molecular formula is C20H22F3N3O4. The summed E-state index contributed by atoms with van der Waals surface area (Å²) in [5, 5.41) is 7.12. The van der Waals surface area contributed by atoms with Crippen molar-refractivity contribution < 1.29 is 23.1 Å². The Labute approximate surface area is 170 Å². The number of nitrogens with zero attached hydrogens (tertiary/aromatic N) is 3. The van der Waals surface area contributed by atoms with Crippen molar-refractivity contribution in [3.63, 3.8) is 0 Å². The van der Waals surface area contributed by atoms with Crippen LogP contribution in [0.25, 0.3) is 0 Å². The molecule has 1 aromatic heterocycles. The first-order valence-electron chi connectivity index (χ1n) is 9.35. The van der Waals surface area contributed by atoms with E-state index in [0.717, 1.165) is 12.5 Å². The van der Waals surface area contributed by atoms with E-state index in [1.807, 2.05) is 6.07 Å². The number of alkyl halides is 3. The number of aliphatic carboxylic acids is 1. The first-order chi connectivity index (χ1) is 14.0. The number of carboxylic acid groups (broad SMARTS) is 1. The first-order valence-corrected chi connectivity index (χ1v) is 9.35. The Hall–Kier alpha value is -2.88. The summed E-state index contributed by atoms with van der Waals surface area (Å²) >= 11 is 0. The maximum absolute atomic E-state index is 12.4. The Kier molecular flexibility index (Phi) is 5.89. The zero-order chi connectivity index (χ0) is 22.2. The number of carboxylic acids is 1. The Morgan fingerprint density at radius 3 is 2.33 bits per heavy atom. The Balaban J connectivity index is 0.000000318. The highest BCUT2D eigenvalue weighted by Gasteiger charge is 2.52. The average Bonchev–Trinajstić information content (AvgIpc) is 3.35. The summed E-state index contributed by atoms with van der Waals surface area (Å²) in [4.78, 5) is 35.5. The topological polar surface area (TPSA) is 84.5 Å². The third-order valence-corrected chi connectivity index (χ3v) is 5.52. The van der Waals surface area contributed by atoms with Gasteiger partial charge in [-0.25, -0.2) is 9.59 Å². The van der Waals surface area contributed by atoms with Gasteiger partial charge in [-0.05, 0) is 23.8 Å². The smallest absolute Gasteiger partial charge is 0.475 e. The van der Waals surface area contributed by atoms with Crippen molar-refractivity contribution in [2.45, 2.75) is 25.2 Å². The lowest BCUT2D eigenvalue weighted by Crippen LogP contribution is -2.40. The minimum atomic E-state index is -5.08. The van der Waals surface area contributed by atoms with Gasteiger partial charge in [0.05, 0.1) is 0 Å². The molecule has 1 N–H and O–H groups in total. The molecule has 3 atom stereocenters. The summed E-state index contributed by atoms with van der Waals surface area (Å²) < 4.78 is 34.4. The summed E-state index contributed by atoms with van der Waals surface area (Å²) in [7, 11) is 3.24. The third kappa shape index (κ3) is 4.48. The molecular weight excluding hydrogens is 403 g/mol. The van der Waals surface area contributed by atoms with Gasteiger partial charge in [0.1, 0.15) is 0 Å². The average molecular weight is 425 g/mol. The van der Waals surface area contributed by atoms with Gasteiger partial charge in [0.2, 0.25) is 0 Å². The Morgan fingerprint density at radius 1 is 1.17 bits per heavy atom. The number of rotatable bonds is 3. The standard InChI is InChI=1S/C18H21N3O2.C2HF3O2/c1-19-9-14(17(22)20(2)18(19)23)11-21-10-13-8-15(13)16(21)12-6-4-3-5-7-12;3-2(4,5)1(6)7/h3-7,9,13,15-16H,8,10-11H2,1-2H3;(H,6,7)/t13-,15-,16-;/m0./s1. The second-order valence-corrected chi connectivity index (χ2v) is 7.66. The van der Waals surface area contributed by atoms with E-state index >= 15 is 0 Å². The van der Waals surface area contributed by atoms with Gasteiger partial charge < -0.3 is 9.67 Å². The van der Waals surface area contributed by atoms with Crippen LogP contribution in [0.2, 0.25) is 0 Å². The zero-order valence-electron chi connectivity index (χ0n) is 16.5. The molecule has 2 aliphatic rings. The molecule has 1 saturated heterocycles. The van der Waals surface area contributed by atoms with Crippen molar-refractivity contribution in [3.05, 3.63) is 68.5 Å². The predicted octanol–water partition coefficient (Wildman–Crippen LogP) is 1.91. The van der Waals surface area contributed by atoms with Crippen LogP contribution in [0.3, 0.4) is 0 Å². The zero-order valence-corrected chi connectivity index (χ0v) is 16.5. The van der Waals surface area contributed by atoms with Crippen LogP contribution in [-0.2, 0) is 25.4 Å². The monoisotopic (exact) mass is 425 g/mol. The number of benzene rings is 1. The van der Waals surface area contributed by atoms with E-state index in [4.69, 9.17) is 9.90 Å². The molecule has 7 nitrogen and oxygen atoms in total. The van der Waals surface area contributed by atoms with E-state index in [1.165, 1.54) is 21.1 Å². The molecule has 1 aliphatic heterocycles. The number of aryl methyl sites for hydroxylation is 1. The van der Waals surface area contributed by atoms with E-state index in [9.17, 15) is 22.8 Å². The van der Waals surface area contributed by atoms with E-state index in [1.54, 1.807) is 20.3 Å². The molecule has 0 bridgehead atoms. The van der Waals surface area contributed by atoms with Crippen LogP contribution >= 0.6 is 0 Å². The number of piperidine rings is 1. The molecule has 2 heterocycles. The highest BCUT2D eigenvalue weighted by Crippen LogP contribution is 2.56. The van der Waals surface area contributed by atoms with E-state index < -0.39 is 12.1 Å². The molecule has 0 unspecified atom stereocenters. The second-order valence-electron chi connectivity index (χ2n) is 7.66. The van der Waals surface area contributed by atoms with Crippen LogP contribution in [-0.4, -0.2) is 37.8 Å². The van der Waals surface area contributed by atoms with Crippen LogP contribution in [0, 0.1) is 11.8 Å². The number of likely N-dealkylation sites (tertiary alicyclic amines) is 1. The van der Waals surface area contributed by atoms with Crippen molar-refractivity contribution in [1.82, 2.24) is 14.0 Å². The van der Waals surface area contributed by atoms with Gasteiger partial charge in [0.15, 0.2) is 0 Å². The fourth-order valence-corrected chi connectivity index (χ4v) is 4.03. The lowest BCUT2D eigenvalue weighted by atomic mass is 10.0. The van der Waals surface area contributed by atoms with E-state index in [-0.39, 0.29) is 11.2 Å². The van der Waals surface area contributed by atoms with Gasteiger partial charge in [-0.15, -0.1) is 0 Å². The molecule has 0 amide bonds. The molecule has 162 valence electrons. The van der Waals surface area contributed by atoms with E-state index in [0.29, 0.717) is 24.1 Å². The quantitative estimate of drug-likeness (QED) is 0.812. The normalized spacial score (nSPS) is 22.8. The van der Waals surface area contributed by atoms with Crippen molar-refractivity contribution in [3.8, 4) is 0 Å². The van der Waals surface area contributed by atoms with Crippen molar-refractivity contribution in [2.24, 2.45) is 25.9 Å². The van der Waals surface area contributed by atoms with Gasteiger partial charge in [0.25, 0.3) is 5.56 Å². The molecule has 30 heavy (non-hydrogen) atoms. The van der Waals surface area contributed by atoms with Gasteiger partial charge in [-0.3, -0.25) is 14.3 Å². The van der Waals surface area contributed by atoms with Crippen LogP contribution < -0.4 is 11.2 Å². The molecule has 0 radical (unpaired) electrons. The summed E-state index contributed by atoms with van der Waals surface area (Å²) in [6.45, 7) is 1.64. The van der Waals surface area contributed by atoms with Crippen molar-refractivity contribution in [2.75, 3.05) is 6.54 Å². The number of hydrogen-bond acceptors (Lipinski definition) is 4. The number of fused-ring (bicyclic) bond motifs is 1. The van der Waals surface area contributed by atoms with Crippen molar-refractivity contribution in [1.29, 1.82) is 0 Å². The van der Waals surface area contributed by atoms with Crippen molar-refractivity contribution >= 4 is 5.97 Å². The van der Waals surface area contributed by atoms with Gasteiger partial charge in [-0.1, -0.05) is 30.3 Å². The SMILES string of the molecule is Cn1cc(CN2C[C@@H]3C[C@@H]3[C@@H]2c2ccccc2)c(=O)n(C)c1=O.O=C(O)C(F)(F)F. The third-order valence-electron chi connectivity index (χ3n) is 5.52. The molecule has 2 aromatic rings. The molecule has 10 heteroatoms. The second kappa shape index (κ2) is 8.10. The van der Waals surface area contributed by atoms with Crippen LogP contribution in [0.4, 0.5) is 13.2 Å². The van der Waals surface area contributed by atoms with Crippen LogP contribution in [0.1, 0.15) is 23.6 Å². The summed E-state index contributed by atoms with van der Waals surface area (Å²) in [6.07, 6.45) is -2.10. The molecule has 0 spiro atoms. The molecule has 1 saturated carbocycles. The highest BCUT2D eigenvalue weighted by atomic mass is 19.4. The predicted molar refractivity (Wildman–Crippen MR) is 102 cm³/mol. The minimum Gasteiger partial charge on any atom is -0.475 e. The largest absolute Gasteiger partial charge is 0.490 e. The summed E-state index contributed by atoms with van der Waals surface area (Å²) in [5.41, 5.74) is 1.57. The Bertz CT molecular complexity index is 1050. The fraction of sp³-hybridized carbons (Fsp3) is 0.450. The van der Waals surface area contributed by atoms with E-state index in [2.05, 4.69) is 29.2 Å². The highest BCUT2D eigenvalue weighted by molar-refractivity contribution is 5.73. The number of aromatic nitrogens is 2. The van der Waals surface area contributed by atoms with Gasteiger partial charge in [0, 0.05) is 45.0 Å². The fourth-order valence-electron chi connectivity index (χ4n) is 4.03. The van der Waals surface area contributed by atoms with Gasteiger partial charge in [-0.2, -0.15) is 13.2 Å². The number of hydrogen-bond donors (Lipinski definition) is 1. The molecule has 1 aromatic carbocycles. The Morgan fingerprint density at radius 2 is 1.77 bits per heavy atom. The van der Waals surface area contributed by atoms with Crippen LogP contribution in [0.15, 0.2) is 46.1 Å². The first kappa shape index (κ1) is 21.8. The maximum atomic E-state index is 12.4. The lowest BCUT2D eigenvalue weighted by molar-refractivity contribution is -0.192.